The van der Waals surface area contributed by atoms with E-state index in [0.717, 1.165) is 10.8 Å². The predicted octanol–water partition coefficient (Wildman–Crippen LogP) is 1.82. The summed E-state index contributed by atoms with van der Waals surface area (Å²) in [5.41, 5.74) is 4.71. The lowest BCUT2D eigenvalue weighted by Crippen LogP contribution is -2.65. The Morgan fingerprint density at radius 2 is 2.21 bits per heavy atom. The van der Waals surface area contributed by atoms with Crippen molar-refractivity contribution in [3.05, 3.63) is 53.8 Å². The number of ketones is 1. The number of rotatable bonds is 3. The van der Waals surface area contributed by atoms with Gasteiger partial charge >= 0.3 is 6.03 Å². The Bertz CT molecular complexity index is 838. The number of carbonyl (C=O) groups is 2. The summed E-state index contributed by atoms with van der Waals surface area (Å²) in [4.78, 5) is 30.7. The molecule has 24 heavy (non-hydrogen) atoms. The number of hydrogen-bond donors (Lipinski definition) is 2. The molecule has 0 radical (unpaired) electrons. The van der Waals surface area contributed by atoms with Gasteiger partial charge in [-0.15, -0.1) is 0 Å². The molecule has 1 aliphatic rings. The number of pyridine rings is 1. The fourth-order valence-corrected chi connectivity index (χ4v) is 3.42. The Morgan fingerprint density at radius 3 is 2.92 bits per heavy atom. The minimum absolute atomic E-state index is 0.218. The van der Waals surface area contributed by atoms with Crippen LogP contribution in [0, 0.1) is 0 Å². The second-order valence-corrected chi connectivity index (χ2v) is 6.06. The van der Waals surface area contributed by atoms with Crippen LogP contribution in [0.2, 0.25) is 5.02 Å². The average molecular weight is 345 g/mol. The van der Waals surface area contributed by atoms with Crippen molar-refractivity contribution in [1.29, 1.82) is 0 Å². The Morgan fingerprint density at radius 1 is 1.42 bits per heavy atom. The van der Waals surface area contributed by atoms with E-state index in [4.69, 9.17) is 17.3 Å². The Kier molecular flexibility index (Phi) is 4.26. The molecule has 1 aliphatic heterocycles. The summed E-state index contributed by atoms with van der Waals surface area (Å²) in [6.45, 7) is 4.66. The number of primary amides is 1. The van der Waals surface area contributed by atoms with E-state index in [1.54, 1.807) is 24.4 Å². The lowest BCUT2D eigenvalue weighted by Gasteiger charge is -2.44. The fourth-order valence-electron chi connectivity index (χ4n) is 3.24. The summed E-state index contributed by atoms with van der Waals surface area (Å²) in [6, 6.07) is 6.46. The number of aromatic nitrogens is 1. The van der Waals surface area contributed by atoms with E-state index in [2.05, 4.69) is 16.9 Å². The second kappa shape index (κ2) is 6.22. The van der Waals surface area contributed by atoms with Crippen molar-refractivity contribution in [2.45, 2.75) is 5.54 Å². The maximum atomic E-state index is 12.8. The van der Waals surface area contributed by atoms with E-state index in [9.17, 15) is 9.59 Å². The second-order valence-electron chi connectivity index (χ2n) is 5.62. The highest BCUT2D eigenvalue weighted by Gasteiger charge is 2.49. The van der Waals surface area contributed by atoms with Gasteiger partial charge in [0.15, 0.2) is 11.3 Å². The van der Waals surface area contributed by atoms with Crippen LogP contribution in [0.5, 0.6) is 0 Å². The molecular weight excluding hydrogens is 328 g/mol. The summed E-state index contributed by atoms with van der Waals surface area (Å²) >= 11 is 6.06. The predicted molar refractivity (Wildman–Crippen MR) is 92.8 cm³/mol. The number of piperazine rings is 1. The maximum absolute atomic E-state index is 12.8. The number of nitrogens with zero attached hydrogens (tertiary/aromatic N) is 2. The van der Waals surface area contributed by atoms with Crippen molar-refractivity contribution in [3.8, 4) is 0 Å². The number of nitrogens with one attached hydrogen (secondary N) is 1. The maximum Gasteiger partial charge on any atom is 0.316 e. The zero-order chi connectivity index (χ0) is 17.3. The highest BCUT2D eigenvalue weighted by Crippen LogP contribution is 2.35. The molecule has 3 N–H and O–H groups in total. The van der Waals surface area contributed by atoms with Crippen molar-refractivity contribution in [2.75, 3.05) is 19.6 Å². The number of urea groups is 1. The molecule has 2 amide bonds. The van der Waals surface area contributed by atoms with E-state index in [0.29, 0.717) is 23.8 Å². The average Bonchev–Trinajstić information content (AvgIpc) is 2.59. The molecule has 6 nitrogen and oxygen atoms in total. The van der Waals surface area contributed by atoms with Crippen molar-refractivity contribution in [1.82, 2.24) is 15.2 Å². The fraction of sp³-hybridized carbons (Fsp3) is 0.235. The van der Waals surface area contributed by atoms with Crippen LogP contribution in [0.3, 0.4) is 0 Å². The van der Waals surface area contributed by atoms with Crippen LogP contribution in [-0.4, -0.2) is 41.3 Å². The van der Waals surface area contributed by atoms with Gasteiger partial charge in [-0.3, -0.25) is 9.78 Å². The van der Waals surface area contributed by atoms with Gasteiger partial charge in [-0.2, -0.15) is 0 Å². The summed E-state index contributed by atoms with van der Waals surface area (Å²) < 4.78 is 0. The zero-order valence-electron chi connectivity index (χ0n) is 13.0. The summed E-state index contributed by atoms with van der Waals surface area (Å²) in [5.74, 6) is -0.330. The molecule has 124 valence electrons. The smallest absolute Gasteiger partial charge is 0.316 e. The lowest BCUT2D eigenvalue weighted by atomic mass is 9.83. The number of carbonyl (C=O) groups excluding carboxylic acids is 2. The first-order valence-corrected chi connectivity index (χ1v) is 7.88. The molecule has 1 fully saturated rings. The summed E-state index contributed by atoms with van der Waals surface area (Å²) in [6.07, 6.45) is 2.80. The van der Waals surface area contributed by atoms with Gasteiger partial charge < -0.3 is 16.0 Å². The van der Waals surface area contributed by atoms with Crippen molar-refractivity contribution in [3.63, 3.8) is 0 Å². The Hall–Kier alpha value is -2.44. The van der Waals surface area contributed by atoms with Gasteiger partial charge in [-0.1, -0.05) is 24.2 Å². The van der Waals surface area contributed by atoms with Gasteiger partial charge in [-0.25, -0.2) is 4.79 Å². The van der Waals surface area contributed by atoms with Crippen LogP contribution in [-0.2, 0) is 10.3 Å². The van der Waals surface area contributed by atoms with Crippen LogP contribution in [0.15, 0.2) is 43.1 Å². The standard InChI is InChI=1S/C17H17ClN4O2/c1-2-14(23)17(10-20-7-8-22(17)16(19)24)15-13-4-3-12(18)9-11(13)5-6-21-15/h2-6,9,20H,1,7-8,10H2,(H2,19,24). The van der Waals surface area contributed by atoms with Crippen LogP contribution in [0.25, 0.3) is 10.8 Å². The number of halogens is 1. The van der Waals surface area contributed by atoms with Gasteiger partial charge in [0, 0.05) is 36.2 Å². The molecule has 1 atom stereocenters. The Balaban J connectivity index is 2.33. The summed E-state index contributed by atoms with van der Waals surface area (Å²) in [5, 5.41) is 5.32. The van der Waals surface area contributed by atoms with E-state index < -0.39 is 11.6 Å². The van der Waals surface area contributed by atoms with Crippen LogP contribution in [0.1, 0.15) is 5.69 Å². The number of fused-ring (bicyclic) bond motifs is 1. The van der Waals surface area contributed by atoms with Gasteiger partial charge in [-0.05, 0) is 29.7 Å². The van der Waals surface area contributed by atoms with E-state index >= 15 is 0 Å². The van der Waals surface area contributed by atoms with Gasteiger partial charge in [0.25, 0.3) is 0 Å². The largest absolute Gasteiger partial charge is 0.351 e. The third kappa shape index (κ3) is 2.44. The molecule has 0 bridgehead atoms. The number of nitrogens with two attached hydrogens (primary N) is 1. The molecule has 0 aliphatic carbocycles. The normalized spacial score (nSPS) is 20.8. The molecule has 1 aromatic heterocycles. The van der Waals surface area contributed by atoms with Crippen LogP contribution < -0.4 is 11.1 Å². The molecule has 2 aromatic rings. The SMILES string of the molecule is C=CC(=O)C1(c2nccc3cc(Cl)ccc23)CNCCN1C(N)=O. The van der Waals surface area contributed by atoms with Crippen molar-refractivity contribution >= 4 is 34.2 Å². The highest BCUT2D eigenvalue weighted by atomic mass is 35.5. The lowest BCUT2D eigenvalue weighted by molar-refractivity contribution is -0.126. The van der Waals surface area contributed by atoms with E-state index in [-0.39, 0.29) is 12.3 Å². The number of benzene rings is 1. The van der Waals surface area contributed by atoms with Crippen molar-refractivity contribution < 1.29 is 9.59 Å². The molecular formula is C17H17ClN4O2. The minimum atomic E-state index is -1.32. The minimum Gasteiger partial charge on any atom is -0.351 e. The molecule has 3 rings (SSSR count). The van der Waals surface area contributed by atoms with E-state index in [1.165, 1.54) is 11.0 Å². The molecule has 1 saturated heterocycles. The zero-order valence-corrected chi connectivity index (χ0v) is 13.7. The monoisotopic (exact) mass is 344 g/mol. The van der Waals surface area contributed by atoms with Gasteiger partial charge in [0.2, 0.25) is 0 Å². The first kappa shape index (κ1) is 16.4. The number of amides is 2. The number of hydrogen-bond acceptors (Lipinski definition) is 4. The molecule has 0 saturated carbocycles. The molecule has 2 heterocycles. The quantitative estimate of drug-likeness (QED) is 0.831. The molecule has 7 heteroatoms. The third-order valence-electron chi connectivity index (χ3n) is 4.33. The van der Waals surface area contributed by atoms with E-state index in [1.807, 2.05) is 6.07 Å². The van der Waals surface area contributed by atoms with Gasteiger partial charge in [0.05, 0.1) is 5.69 Å². The first-order chi connectivity index (χ1) is 11.5. The highest BCUT2D eigenvalue weighted by molar-refractivity contribution is 6.31. The Labute approximate surface area is 144 Å². The topological polar surface area (TPSA) is 88.3 Å². The van der Waals surface area contributed by atoms with Crippen molar-refractivity contribution in [2.24, 2.45) is 5.73 Å². The molecule has 1 unspecified atom stereocenters. The van der Waals surface area contributed by atoms with Gasteiger partial charge in [0.1, 0.15) is 0 Å². The van der Waals surface area contributed by atoms with Crippen LogP contribution >= 0.6 is 11.6 Å². The van der Waals surface area contributed by atoms with Crippen LogP contribution in [0.4, 0.5) is 4.79 Å². The molecule has 0 spiro atoms. The molecule has 1 aromatic carbocycles. The summed E-state index contributed by atoms with van der Waals surface area (Å²) in [7, 11) is 0. The first-order valence-electron chi connectivity index (χ1n) is 7.50. The third-order valence-corrected chi connectivity index (χ3v) is 4.57.